The normalized spacial score (nSPS) is 12.3. The van der Waals surface area contributed by atoms with Gasteiger partial charge in [0.15, 0.2) is 5.92 Å². The summed E-state index contributed by atoms with van der Waals surface area (Å²) in [7, 11) is 0. The third-order valence-corrected chi connectivity index (χ3v) is 2.71. The SMILES string of the molecule is CCOC(=O)C(C(=O)OCC)[C@@H](CC(C)C)C[N+](=O)[O-]. The number of nitrogens with zero attached hydrogens (tertiary/aromatic N) is 1. The number of nitro groups is 1. The first-order chi connectivity index (χ1) is 9.33. The fourth-order valence-corrected chi connectivity index (χ4v) is 2.06. The van der Waals surface area contributed by atoms with Crippen molar-refractivity contribution in [2.45, 2.75) is 34.1 Å². The molecular formula is C13H23NO6. The van der Waals surface area contributed by atoms with Gasteiger partial charge >= 0.3 is 11.9 Å². The molecule has 0 aromatic rings. The molecule has 0 heterocycles. The van der Waals surface area contributed by atoms with Crippen LogP contribution >= 0.6 is 0 Å². The number of carbonyl (C=O) groups is 2. The quantitative estimate of drug-likeness (QED) is 0.277. The topological polar surface area (TPSA) is 95.7 Å². The number of ether oxygens (including phenoxy) is 2. The highest BCUT2D eigenvalue weighted by molar-refractivity contribution is 5.95. The van der Waals surface area contributed by atoms with Crippen molar-refractivity contribution in [1.82, 2.24) is 0 Å². The minimum absolute atomic E-state index is 0.113. The summed E-state index contributed by atoms with van der Waals surface area (Å²) in [5.74, 6) is -3.34. The Bertz CT molecular complexity index is 324. The number of rotatable bonds is 9. The molecule has 0 unspecified atom stereocenters. The van der Waals surface area contributed by atoms with Gasteiger partial charge in [0.1, 0.15) is 0 Å². The van der Waals surface area contributed by atoms with Gasteiger partial charge in [-0.1, -0.05) is 13.8 Å². The Morgan fingerprint density at radius 3 is 1.85 bits per heavy atom. The third kappa shape index (κ3) is 6.49. The summed E-state index contributed by atoms with van der Waals surface area (Å²) in [5, 5.41) is 10.8. The Labute approximate surface area is 118 Å². The lowest BCUT2D eigenvalue weighted by molar-refractivity contribution is -0.489. The van der Waals surface area contributed by atoms with Gasteiger partial charge in [-0.05, 0) is 26.2 Å². The first-order valence-corrected chi connectivity index (χ1v) is 6.78. The van der Waals surface area contributed by atoms with E-state index in [9.17, 15) is 19.7 Å². The predicted molar refractivity (Wildman–Crippen MR) is 71.6 cm³/mol. The van der Waals surface area contributed by atoms with Crippen molar-refractivity contribution >= 4 is 11.9 Å². The van der Waals surface area contributed by atoms with Crippen molar-refractivity contribution in [2.75, 3.05) is 19.8 Å². The van der Waals surface area contributed by atoms with Crippen molar-refractivity contribution in [2.24, 2.45) is 17.8 Å². The zero-order chi connectivity index (χ0) is 15.7. The first-order valence-electron chi connectivity index (χ1n) is 6.78. The van der Waals surface area contributed by atoms with E-state index < -0.39 is 35.2 Å². The number of esters is 2. The van der Waals surface area contributed by atoms with Crippen LogP contribution in [-0.2, 0) is 19.1 Å². The van der Waals surface area contributed by atoms with Gasteiger partial charge in [-0.25, -0.2) is 0 Å². The van der Waals surface area contributed by atoms with E-state index in [0.717, 1.165) is 0 Å². The molecule has 7 nitrogen and oxygen atoms in total. The van der Waals surface area contributed by atoms with Crippen molar-refractivity contribution in [3.05, 3.63) is 10.1 Å². The maximum atomic E-state index is 11.9. The highest BCUT2D eigenvalue weighted by Gasteiger charge is 2.40. The first kappa shape index (κ1) is 18.3. The molecule has 0 radical (unpaired) electrons. The lowest BCUT2D eigenvalue weighted by Crippen LogP contribution is -2.38. The Morgan fingerprint density at radius 1 is 1.10 bits per heavy atom. The lowest BCUT2D eigenvalue weighted by Gasteiger charge is -2.22. The number of hydrogen-bond donors (Lipinski definition) is 0. The summed E-state index contributed by atoms with van der Waals surface area (Å²) in [6.07, 6.45) is 0.378. The van der Waals surface area contributed by atoms with Crippen LogP contribution in [0.25, 0.3) is 0 Å². The van der Waals surface area contributed by atoms with Gasteiger partial charge in [0.25, 0.3) is 0 Å². The average Bonchev–Trinajstić information content (AvgIpc) is 2.27. The fraction of sp³-hybridized carbons (Fsp3) is 0.846. The second-order valence-electron chi connectivity index (χ2n) is 4.89. The molecule has 0 spiro atoms. The van der Waals surface area contributed by atoms with Crippen LogP contribution in [0.1, 0.15) is 34.1 Å². The van der Waals surface area contributed by atoms with E-state index in [2.05, 4.69) is 0 Å². The van der Waals surface area contributed by atoms with Crippen LogP contribution < -0.4 is 0 Å². The Kier molecular flexibility index (Phi) is 8.51. The van der Waals surface area contributed by atoms with Crippen molar-refractivity contribution < 1.29 is 24.0 Å². The van der Waals surface area contributed by atoms with Crippen molar-refractivity contribution in [3.8, 4) is 0 Å². The number of carbonyl (C=O) groups excluding carboxylic acids is 2. The molecule has 0 saturated carbocycles. The average molecular weight is 289 g/mol. The summed E-state index contributed by atoms with van der Waals surface area (Å²) in [5.41, 5.74) is 0. The summed E-state index contributed by atoms with van der Waals surface area (Å²) in [4.78, 5) is 34.1. The largest absolute Gasteiger partial charge is 0.465 e. The zero-order valence-corrected chi connectivity index (χ0v) is 12.5. The minimum atomic E-state index is -1.23. The smallest absolute Gasteiger partial charge is 0.320 e. The van der Waals surface area contributed by atoms with E-state index in [1.165, 1.54) is 0 Å². The predicted octanol–water partition coefficient (Wildman–Crippen LogP) is 1.67. The van der Waals surface area contributed by atoms with Gasteiger partial charge in [-0.3, -0.25) is 19.7 Å². The Hall–Kier alpha value is -1.66. The van der Waals surface area contributed by atoms with E-state index >= 15 is 0 Å². The van der Waals surface area contributed by atoms with Gasteiger partial charge in [0, 0.05) is 10.8 Å². The second-order valence-corrected chi connectivity index (χ2v) is 4.89. The van der Waals surface area contributed by atoms with Crippen LogP contribution in [0.15, 0.2) is 0 Å². The molecule has 7 heteroatoms. The minimum Gasteiger partial charge on any atom is -0.465 e. The standard InChI is InChI=1S/C13H23NO6/c1-5-19-12(15)11(13(16)20-6-2)10(7-9(3)4)8-14(17)18/h9-11H,5-8H2,1-4H3/t10-/m0/s1. The van der Waals surface area contributed by atoms with E-state index in [-0.39, 0.29) is 19.1 Å². The zero-order valence-electron chi connectivity index (χ0n) is 12.5. The summed E-state index contributed by atoms with van der Waals surface area (Å²) in [6.45, 7) is 6.75. The van der Waals surface area contributed by atoms with Crippen molar-refractivity contribution in [3.63, 3.8) is 0 Å². The maximum Gasteiger partial charge on any atom is 0.320 e. The van der Waals surface area contributed by atoms with Crippen LogP contribution in [0.5, 0.6) is 0 Å². The summed E-state index contributed by atoms with van der Waals surface area (Å²) >= 11 is 0. The molecule has 0 aromatic heterocycles. The van der Waals surface area contributed by atoms with Crippen LogP contribution in [-0.4, -0.2) is 36.6 Å². The fourth-order valence-electron chi connectivity index (χ4n) is 2.06. The van der Waals surface area contributed by atoms with E-state index in [0.29, 0.717) is 6.42 Å². The Morgan fingerprint density at radius 2 is 1.55 bits per heavy atom. The highest BCUT2D eigenvalue weighted by atomic mass is 16.6. The monoisotopic (exact) mass is 289 g/mol. The lowest BCUT2D eigenvalue weighted by atomic mass is 9.85. The van der Waals surface area contributed by atoms with Crippen LogP contribution in [0, 0.1) is 27.9 Å². The molecule has 0 saturated heterocycles. The highest BCUT2D eigenvalue weighted by Crippen LogP contribution is 2.24. The molecule has 0 aliphatic heterocycles. The second kappa shape index (κ2) is 9.28. The van der Waals surface area contributed by atoms with Gasteiger partial charge in [0.2, 0.25) is 6.54 Å². The summed E-state index contributed by atoms with van der Waals surface area (Å²) in [6, 6.07) is 0. The van der Waals surface area contributed by atoms with Crippen molar-refractivity contribution in [1.29, 1.82) is 0 Å². The molecule has 0 N–H and O–H groups in total. The molecule has 1 atom stereocenters. The van der Waals surface area contributed by atoms with Gasteiger partial charge in [-0.2, -0.15) is 0 Å². The molecular weight excluding hydrogens is 266 g/mol. The van der Waals surface area contributed by atoms with Crippen LogP contribution in [0.3, 0.4) is 0 Å². The molecule has 0 aromatic carbocycles. The van der Waals surface area contributed by atoms with Gasteiger partial charge in [-0.15, -0.1) is 0 Å². The molecule has 0 rings (SSSR count). The van der Waals surface area contributed by atoms with Crippen LogP contribution in [0.2, 0.25) is 0 Å². The molecule has 0 fully saturated rings. The number of hydrogen-bond acceptors (Lipinski definition) is 6. The summed E-state index contributed by atoms with van der Waals surface area (Å²) < 4.78 is 9.71. The molecule has 116 valence electrons. The molecule has 0 amide bonds. The molecule has 20 heavy (non-hydrogen) atoms. The van der Waals surface area contributed by atoms with Crippen LogP contribution in [0.4, 0.5) is 0 Å². The Balaban J connectivity index is 5.20. The van der Waals surface area contributed by atoms with Gasteiger partial charge in [0.05, 0.1) is 13.2 Å². The van der Waals surface area contributed by atoms with E-state index in [1.54, 1.807) is 13.8 Å². The molecule has 0 aliphatic carbocycles. The molecule has 0 bridgehead atoms. The molecule has 0 aliphatic rings. The van der Waals surface area contributed by atoms with Gasteiger partial charge < -0.3 is 9.47 Å². The third-order valence-electron chi connectivity index (χ3n) is 2.71. The maximum absolute atomic E-state index is 11.9. The van der Waals surface area contributed by atoms with E-state index in [1.807, 2.05) is 13.8 Å². The van der Waals surface area contributed by atoms with E-state index in [4.69, 9.17) is 9.47 Å².